The molecule has 0 aromatic heterocycles. The van der Waals surface area contributed by atoms with Crippen LogP contribution in [0.4, 0.5) is 0 Å². The largest absolute Gasteiger partial charge is 0.480 e. The van der Waals surface area contributed by atoms with E-state index in [0.29, 0.717) is 0 Å². The normalized spacial score (nSPS) is 9.73. The van der Waals surface area contributed by atoms with Crippen molar-refractivity contribution in [3.63, 3.8) is 0 Å². The molecule has 0 aliphatic carbocycles. The van der Waals surface area contributed by atoms with Gasteiger partial charge in [0, 0.05) is 68.9 Å². The maximum Gasteiger partial charge on any atom is 0.317 e. The molecule has 0 aromatic rings. The minimum absolute atomic E-state index is 0. The summed E-state index contributed by atoms with van der Waals surface area (Å²) >= 11 is 0. The average molecular weight is 524 g/mol. The molecule has 12 heteroatoms. The van der Waals surface area contributed by atoms with Crippen molar-refractivity contribution in [2.75, 3.05) is 39.3 Å². The van der Waals surface area contributed by atoms with Crippen LogP contribution in [0, 0.1) is 0 Å². The summed E-state index contributed by atoms with van der Waals surface area (Å²) in [6.07, 6.45) is 0. The van der Waals surface area contributed by atoms with E-state index in [2.05, 4.69) is 0 Å². The van der Waals surface area contributed by atoms with Crippen molar-refractivity contribution in [1.82, 2.24) is 9.80 Å². The van der Waals surface area contributed by atoms with Crippen molar-refractivity contribution in [1.29, 1.82) is 0 Å². The molecule has 0 unspecified atom stereocenters. The number of rotatable bonds is 11. The van der Waals surface area contributed by atoms with Crippen LogP contribution in [-0.2, 0) is 19.2 Å². The van der Waals surface area contributed by atoms with Crippen molar-refractivity contribution in [2.24, 2.45) is 0 Å². The topological polar surface area (TPSA) is 156 Å². The Hall–Kier alpha value is -0.317. The Kier molecular flexibility index (Phi) is 17.3. The molecule has 4 N–H and O–H groups in total. The van der Waals surface area contributed by atoms with E-state index >= 15 is 0 Å². The standard InChI is InChI=1S/C10H16N2O8.Bi.Na/c13-7(14)3-11(4-8(15)16)1-2-12(5-9(17)18)6-10(19)20;;/h1-6H2,(H,13,14)(H,15,16)(H,17,18)(H,19,20);;. The molecule has 4 radical (unpaired) electrons. The molecular formula is C10H16BiN2NaO8. The number of hydrogen-bond donors (Lipinski definition) is 4. The van der Waals surface area contributed by atoms with Gasteiger partial charge in [0.05, 0.1) is 26.2 Å². The monoisotopic (exact) mass is 524 g/mol. The first-order valence-corrected chi connectivity index (χ1v) is 5.52. The number of carboxylic acids is 4. The van der Waals surface area contributed by atoms with Crippen LogP contribution >= 0.6 is 0 Å². The van der Waals surface area contributed by atoms with Crippen molar-refractivity contribution in [3.8, 4) is 0 Å². The second-order valence-corrected chi connectivity index (χ2v) is 4.00. The molecule has 0 rings (SSSR count). The maximum absolute atomic E-state index is 10.6. The van der Waals surface area contributed by atoms with E-state index < -0.39 is 50.1 Å². The SMILES string of the molecule is O=C(O)CN(CCN(CC(=O)O)CC(=O)O)CC(=O)O.[Bi].[Na]. The molecule has 0 saturated carbocycles. The third kappa shape index (κ3) is 16.1. The molecule has 0 fully saturated rings. The number of hydrogen-bond acceptors (Lipinski definition) is 6. The van der Waals surface area contributed by atoms with Gasteiger partial charge in [0.1, 0.15) is 0 Å². The fourth-order valence-electron chi connectivity index (χ4n) is 1.48. The molecule has 0 aliphatic heterocycles. The Labute approximate surface area is 167 Å². The van der Waals surface area contributed by atoms with Gasteiger partial charge in [-0.2, -0.15) is 0 Å². The number of carbonyl (C=O) groups is 4. The summed E-state index contributed by atoms with van der Waals surface area (Å²) in [5.74, 6) is -4.91. The Balaban J connectivity index is -0.00000180. The van der Waals surface area contributed by atoms with Gasteiger partial charge in [-0.25, -0.2) is 0 Å². The van der Waals surface area contributed by atoms with Gasteiger partial charge < -0.3 is 20.4 Å². The molecule has 120 valence electrons. The molecule has 0 atom stereocenters. The first-order valence-electron chi connectivity index (χ1n) is 5.52. The third-order valence-electron chi connectivity index (χ3n) is 2.17. The minimum atomic E-state index is -1.23. The molecule has 0 aromatic carbocycles. The van der Waals surface area contributed by atoms with Gasteiger partial charge >= 0.3 is 23.9 Å². The molecule has 0 bridgehead atoms. The van der Waals surface area contributed by atoms with Crippen LogP contribution in [0.3, 0.4) is 0 Å². The summed E-state index contributed by atoms with van der Waals surface area (Å²) in [5, 5.41) is 34.5. The molecule has 0 amide bonds. The van der Waals surface area contributed by atoms with E-state index in [1.165, 1.54) is 0 Å². The van der Waals surface area contributed by atoms with E-state index in [9.17, 15) is 19.2 Å². The molecule has 0 saturated heterocycles. The summed E-state index contributed by atoms with van der Waals surface area (Å²) in [7, 11) is 0. The molecule has 0 spiro atoms. The van der Waals surface area contributed by atoms with Crippen molar-refractivity contribution in [2.45, 2.75) is 0 Å². The smallest absolute Gasteiger partial charge is 0.317 e. The summed E-state index contributed by atoms with van der Waals surface area (Å²) in [6, 6.07) is 0. The Morgan fingerprint density at radius 3 is 0.909 bits per heavy atom. The van der Waals surface area contributed by atoms with Crippen LogP contribution in [0.15, 0.2) is 0 Å². The van der Waals surface area contributed by atoms with Gasteiger partial charge in [-0.3, -0.25) is 29.0 Å². The Bertz CT molecular complexity index is 327. The molecule has 10 nitrogen and oxygen atoms in total. The molecule has 0 heterocycles. The van der Waals surface area contributed by atoms with Crippen molar-refractivity contribution < 1.29 is 39.6 Å². The molecular weight excluding hydrogens is 508 g/mol. The van der Waals surface area contributed by atoms with Crippen LogP contribution in [0.25, 0.3) is 0 Å². The zero-order chi connectivity index (χ0) is 15.7. The number of nitrogens with zero attached hydrogens (tertiary/aromatic N) is 2. The molecule has 0 aliphatic rings. The Morgan fingerprint density at radius 1 is 0.591 bits per heavy atom. The quantitative estimate of drug-likeness (QED) is 0.208. The predicted octanol–water partition coefficient (Wildman–Crippen LogP) is -2.83. The second kappa shape index (κ2) is 14.3. The van der Waals surface area contributed by atoms with Gasteiger partial charge in [-0.1, -0.05) is 0 Å². The fourth-order valence-corrected chi connectivity index (χ4v) is 1.48. The van der Waals surface area contributed by atoms with E-state index in [0.717, 1.165) is 9.80 Å². The predicted molar refractivity (Wildman–Crippen MR) is 74.9 cm³/mol. The fraction of sp³-hybridized carbons (Fsp3) is 0.600. The number of carboxylic acid groups (broad SMARTS) is 4. The van der Waals surface area contributed by atoms with E-state index in [-0.39, 0.29) is 68.9 Å². The summed E-state index contributed by atoms with van der Waals surface area (Å²) in [6.45, 7) is -2.25. The van der Waals surface area contributed by atoms with Crippen LogP contribution in [0.1, 0.15) is 0 Å². The minimum Gasteiger partial charge on any atom is -0.480 e. The average Bonchev–Trinajstić information content (AvgIpc) is 2.22. The van der Waals surface area contributed by atoms with Crippen LogP contribution < -0.4 is 0 Å². The maximum atomic E-state index is 10.6. The summed E-state index contributed by atoms with van der Waals surface area (Å²) in [5.41, 5.74) is 0. The van der Waals surface area contributed by atoms with Crippen molar-refractivity contribution >= 4 is 79.6 Å². The van der Waals surface area contributed by atoms with E-state index in [1.54, 1.807) is 0 Å². The first-order chi connectivity index (χ1) is 9.20. The number of aliphatic carboxylic acids is 4. The first kappa shape index (κ1) is 26.6. The summed E-state index contributed by atoms with van der Waals surface area (Å²) in [4.78, 5) is 44.4. The molecule has 22 heavy (non-hydrogen) atoms. The van der Waals surface area contributed by atoms with Gasteiger partial charge in [0.2, 0.25) is 0 Å². The third-order valence-corrected chi connectivity index (χ3v) is 2.17. The van der Waals surface area contributed by atoms with Gasteiger partial charge in [-0.05, 0) is 0 Å². The Morgan fingerprint density at radius 2 is 0.773 bits per heavy atom. The van der Waals surface area contributed by atoms with E-state index in [4.69, 9.17) is 20.4 Å². The summed E-state index contributed by atoms with van der Waals surface area (Å²) < 4.78 is 0. The van der Waals surface area contributed by atoms with Gasteiger partial charge in [-0.15, -0.1) is 0 Å². The second-order valence-electron chi connectivity index (χ2n) is 4.00. The van der Waals surface area contributed by atoms with Crippen LogP contribution in [0.2, 0.25) is 0 Å². The zero-order valence-electron chi connectivity index (χ0n) is 12.0. The van der Waals surface area contributed by atoms with Crippen LogP contribution in [-0.4, -0.2) is 149 Å². The van der Waals surface area contributed by atoms with Crippen LogP contribution in [0.5, 0.6) is 0 Å². The van der Waals surface area contributed by atoms with Gasteiger partial charge in [0.15, 0.2) is 0 Å². The van der Waals surface area contributed by atoms with E-state index in [1.807, 2.05) is 0 Å². The van der Waals surface area contributed by atoms with Gasteiger partial charge in [0.25, 0.3) is 0 Å². The van der Waals surface area contributed by atoms with Crippen molar-refractivity contribution in [3.05, 3.63) is 0 Å². The zero-order valence-corrected chi connectivity index (χ0v) is 17.5.